The predicted molar refractivity (Wildman–Crippen MR) is 57.9 cm³/mol. The molecule has 0 aliphatic carbocycles. The molecule has 2 nitrogen and oxygen atoms in total. The topological polar surface area (TPSA) is 15.3 Å². The maximum absolute atomic E-state index is 3.85. The first-order chi connectivity index (χ1) is 6.19. The molecule has 1 heterocycles. The van der Waals surface area contributed by atoms with Crippen molar-refractivity contribution < 1.29 is 0 Å². The van der Waals surface area contributed by atoms with Crippen LogP contribution >= 0.6 is 0 Å². The standard InChI is InChI=1S/C11H22N2/c1-5-9(2)13-7-6-11(12-4)8-10(13)3/h5,9-12H,1,6-8H2,2-4H3. The fraction of sp³-hybridized carbons (Fsp3) is 0.818. The zero-order valence-electron chi connectivity index (χ0n) is 9.09. The van der Waals surface area contributed by atoms with E-state index >= 15 is 0 Å². The van der Waals surface area contributed by atoms with Crippen LogP contribution in [-0.2, 0) is 0 Å². The van der Waals surface area contributed by atoms with Gasteiger partial charge >= 0.3 is 0 Å². The summed E-state index contributed by atoms with van der Waals surface area (Å²) in [5.74, 6) is 0. The summed E-state index contributed by atoms with van der Waals surface area (Å²) < 4.78 is 0. The van der Waals surface area contributed by atoms with Crippen LogP contribution < -0.4 is 5.32 Å². The van der Waals surface area contributed by atoms with Crippen LogP contribution in [0, 0.1) is 0 Å². The van der Waals surface area contributed by atoms with Crippen LogP contribution in [0.2, 0.25) is 0 Å². The maximum Gasteiger partial charge on any atom is 0.0250 e. The van der Waals surface area contributed by atoms with Crippen molar-refractivity contribution in [3.8, 4) is 0 Å². The minimum absolute atomic E-state index is 0.521. The van der Waals surface area contributed by atoms with Crippen LogP contribution in [0.1, 0.15) is 26.7 Å². The lowest BCUT2D eigenvalue weighted by Crippen LogP contribution is -2.49. The van der Waals surface area contributed by atoms with Crippen LogP contribution in [0.3, 0.4) is 0 Å². The first-order valence-corrected chi connectivity index (χ1v) is 5.24. The quantitative estimate of drug-likeness (QED) is 0.667. The molecule has 1 rings (SSSR count). The molecule has 1 fully saturated rings. The lowest BCUT2D eigenvalue weighted by atomic mass is 9.97. The second-order valence-corrected chi connectivity index (χ2v) is 4.07. The van der Waals surface area contributed by atoms with E-state index in [2.05, 4.69) is 37.7 Å². The summed E-state index contributed by atoms with van der Waals surface area (Å²) in [7, 11) is 2.06. The molecule has 3 atom stereocenters. The lowest BCUT2D eigenvalue weighted by Gasteiger charge is -2.40. The zero-order chi connectivity index (χ0) is 9.84. The predicted octanol–water partition coefficient (Wildman–Crippen LogP) is 1.63. The monoisotopic (exact) mass is 182 g/mol. The molecule has 0 radical (unpaired) electrons. The van der Waals surface area contributed by atoms with Crippen molar-refractivity contribution in [2.45, 2.75) is 44.8 Å². The molecule has 2 heteroatoms. The van der Waals surface area contributed by atoms with Crippen LogP contribution in [0.15, 0.2) is 12.7 Å². The Morgan fingerprint density at radius 2 is 2.31 bits per heavy atom. The SMILES string of the molecule is C=CC(C)N1CCC(NC)CC1C. The Morgan fingerprint density at radius 3 is 2.77 bits per heavy atom. The number of nitrogens with zero attached hydrogens (tertiary/aromatic N) is 1. The number of rotatable bonds is 3. The zero-order valence-corrected chi connectivity index (χ0v) is 9.09. The van der Waals surface area contributed by atoms with Crippen LogP contribution in [0.4, 0.5) is 0 Å². The largest absolute Gasteiger partial charge is 0.317 e. The van der Waals surface area contributed by atoms with Crippen molar-refractivity contribution in [2.24, 2.45) is 0 Å². The smallest absolute Gasteiger partial charge is 0.0250 e. The Balaban J connectivity index is 2.47. The Labute approximate surface area is 82.0 Å². The van der Waals surface area contributed by atoms with E-state index in [1.807, 2.05) is 6.08 Å². The number of nitrogens with one attached hydrogen (secondary N) is 1. The molecule has 3 unspecified atom stereocenters. The van der Waals surface area contributed by atoms with Gasteiger partial charge in [0.1, 0.15) is 0 Å². The minimum Gasteiger partial charge on any atom is -0.317 e. The van der Waals surface area contributed by atoms with Gasteiger partial charge in [-0.15, -0.1) is 6.58 Å². The van der Waals surface area contributed by atoms with Gasteiger partial charge in [-0.2, -0.15) is 0 Å². The van der Waals surface area contributed by atoms with Gasteiger partial charge in [-0.1, -0.05) is 6.08 Å². The fourth-order valence-corrected chi connectivity index (χ4v) is 2.19. The van der Waals surface area contributed by atoms with E-state index in [4.69, 9.17) is 0 Å². The van der Waals surface area contributed by atoms with Crippen molar-refractivity contribution in [3.63, 3.8) is 0 Å². The number of piperidine rings is 1. The minimum atomic E-state index is 0.521. The van der Waals surface area contributed by atoms with E-state index in [9.17, 15) is 0 Å². The van der Waals surface area contributed by atoms with Gasteiger partial charge in [0.05, 0.1) is 0 Å². The average molecular weight is 182 g/mol. The summed E-state index contributed by atoms with van der Waals surface area (Å²) in [6.45, 7) is 9.58. The highest BCUT2D eigenvalue weighted by molar-refractivity contribution is 4.91. The summed E-state index contributed by atoms with van der Waals surface area (Å²) in [5.41, 5.74) is 0. The van der Waals surface area contributed by atoms with Crippen molar-refractivity contribution >= 4 is 0 Å². The number of hydrogen-bond donors (Lipinski definition) is 1. The molecule has 1 saturated heterocycles. The Morgan fingerprint density at radius 1 is 1.62 bits per heavy atom. The molecule has 0 aromatic rings. The second-order valence-electron chi connectivity index (χ2n) is 4.07. The van der Waals surface area contributed by atoms with Gasteiger partial charge in [-0.25, -0.2) is 0 Å². The summed E-state index contributed by atoms with van der Waals surface area (Å²) in [5, 5.41) is 3.36. The van der Waals surface area contributed by atoms with Crippen LogP contribution in [0.5, 0.6) is 0 Å². The Bertz CT molecular complexity index is 167. The molecule has 0 saturated carbocycles. The van der Waals surface area contributed by atoms with Crippen molar-refractivity contribution in [1.82, 2.24) is 10.2 Å². The third-order valence-electron chi connectivity index (χ3n) is 3.20. The molecule has 1 N–H and O–H groups in total. The molecule has 0 spiro atoms. The van der Waals surface area contributed by atoms with Gasteiger partial charge in [0.25, 0.3) is 0 Å². The normalized spacial score (nSPS) is 32.8. The molecule has 1 aliphatic heterocycles. The molecular formula is C11H22N2. The van der Waals surface area contributed by atoms with E-state index in [0.717, 1.165) is 0 Å². The van der Waals surface area contributed by atoms with E-state index in [1.165, 1.54) is 19.4 Å². The summed E-state index contributed by atoms with van der Waals surface area (Å²) in [6, 6.07) is 1.91. The van der Waals surface area contributed by atoms with Crippen molar-refractivity contribution in [2.75, 3.05) is 13.6 Å². The van der Waals surface area contributed by atoms with Gasteiger partial charge in [-0.3, -0.25) is 4.90 Å². The van der Waals surface area contributed by atoms with Gasteiger partial charge in [-0.05, 0) is 33.7 Å². The molecule has 0 bridgehead atoms. The maximum atomic E-state index is 3.85. The van der Waals surface area contributed by atoms with Gasteiger partial charge < -0.3 is 5.32 Å². The third-order valence-corrected chi connectivity index (χ3v) is 3.20. The van der Waals surface area contributed by atoms with Crippen LogP contribution in [0.25, 0.3) is 0 Å². The van der Waals surface area contributed by atoms with Crippen molar-refractivity contribution in [3.05, 3.63) is 12.7 Å². The molecular weight excluding hydrogens is 160 g/mol. The second kappa shape index (κ2) is 4.77. The molecule has 0 aromatic carbocycles. The molecule has 0 amide bonds. The van der Waals surface area contributed by atoms with E-state index in [-0.39, 0.29) is 0 Å². The van der Waals surface area contributed by atoms with Crippen molar-refractivity contribution in [1.29, 1.82) is 0 Å². The van der Waals surface area contributed by atoms with E-state index < -0.39 is 0 Å². The van der Waals surface area contributed by atoms with E-state index in [0.29, 0.717) is 18.1 Å². The summed E-state index contributed by atoms with van der Waals surface area (Å²) in [6.07, 6.45) is 4.56. The number of likely N-dealkylation sites (tertiary alicyclic amines) is 1. The first-order valence-electron chi connectivity index (χ1n) is 5.24. The highest BCUT2D eigenvalue weighted by Crippen LogP contribution is 2.19. The van der Waals surface area contributed by atoms with Gasteiger partial charge in [0.15, 0.2) is 0 Å². The van der Waals surface area contributed by atoms with Crippen LogP contribution in [-0.4, -0.2) is 36.6 Å². The van der Waals surface area contributed by atoms with Gasteiger partial charge in [0, 0.05) is 24.7 Å². The molecule has 1 aliphatic rings. The fourth-order valence-electron chi connectivity index (χ4n) is 2.19. The lowest BCUT2D eigenvalue weighted by molar-refractivity contribution is 0.117. The number of hydrogen-bond acceptors (Lipinski definition) is 2. The molecule has 13 heavy (non-hydrogen) atoms. The molecule has 76 valence electrons. The summed E-state index contributed by atoms with van der Waals surface area (Å²) in [4.78, 5) is 2.53. The van der Waals surface area contributed by atoms with Gasteiger partial charge in [0.2, 0.25) is 0 Å². The Hall–Kier alpha value is -0.340. The molecule has 0 aromatic heterocycles. The third kappa shape index (κ3) is 2.55. The highest BCUT2D eigenvalue weighted by Gasteiger charge is 2.26. The average Bonchev–Trinajstić information content (AvgIpc) is 2.16. The highest BCUT2D eigenvalue weighted by atomic mass is 15.2. The first kappa shape index (κ1) is 10.7. The summed E-state index contributed by atoms with van der Waals surface area (Å²) >= 11 is 0. The van der Waals surface area contributed by atoms with E-state index in [1.54, 1.807) is 0 Å². The Kier molecular flexibility index (Phi) is 3.94.